The zero-order valence-electron chi connectivity index (χ0n) is 12.8. The van der Waals surface area contributed by atoms with E-state index in [0.717, 1.165) is 11.3 Å². The first-order valence-electron chi connectivity index (χ1n) is 6.91. The number of benzene rings is 1. The molecule has 0 saturated heterocycles. The SMILES string of the molecule is Cc1cnc(C(NC(=O)OC(C)(C)C)c2ccccc2)[nH]1. The Labute approximate surface area is 124 Å². The van der Waals surface area contributed by atoms with Gasteiger partial charge in [-0.1, -0.05) is 30.3 Å². The number of ether oxygens (including phenoxy) is 1. The average molecular weight is 287 g/mol. The number of nitrogens with one attached hydrogen (secondary N) is 2. The number of carbonyl (C=O) groups excluding carboxylic acids is 1. The number of aromatic amines is 1. The summed E-state index contributed by atoms with van der Waals surface area (Å²) in [5.74, 6) is 0.685. The molecule has 1 unspecified atom stereocenters. The predicted molar refractivity (Wildman–Crippen MR) is 81.0 cm³/mol. The van der Waals surface area contributed by atoms with E-state index in [1.54, 1.807) is 6.20 Å². The van der Waals surface area contributed by atoms with Gasteiger partial charge in [0.2, 0.25) is 0 Å². The Bertz CT molecular complexity index is 599. The Balaban J connectivity index is 2.23. The number of aromatic nitrogens is 2. The molecular formula is C16H21N3O2. The number of carbonyl (C=O) groups is 1. The van der Waals surface area contributed by atoms with Crippen LogP contribution in [-0.4, -0.2) is 21.7 Å². The minimum Gasteiger partial charge on any atom is -0.444 e. The topological polar surface area (TPSA) is 67.0 Å². The Morgan fingerprint density at radius 1 is 1.29 bits per heavy atom. The molecule has 1 aromatic carbocycles. The van der Waals surface area contributed by atoms with E-state index >= 15 is 0 Å². The number of imidazole rings is 1. The molecule has 0 aliphatic rings. The van der Waals surface area contributed by atoms with Crippen molar-refractivity contribution in [3.8, 4) is 0 Å². The molecule has 0 aliphatic heterocycles. The zero-order chi connectivity index (χ0) is 15.5. The van der Waals surface area contributed by atoms with Gasteiger partial charge in [-0.15, -0.1) is 0 Å². The largest absolute Gasteiger partial charge is 0.444 e. The van der Waals surface area contributed by atoms with Crippen LogP contribution < -0.4 is 5.32 Å². The molecule has 0 bridgehead atoms. The Morgan fingerprint density at radius 3 is 2.48 bits per heavy atom. The molecule has 112 valence electrons. The van der Waals surface area contributed by atoms with Gasteiger partial charge in [0.1, 0.15) is 17.5 Å². The number of hydrogen-bond donors (Lipinski definition) is 2. The van der Waals surface area contributed by atoms with Crippen LogP contribution in [0.25, 0.3) is 0 Å². The third-order valence-electron chi connectivity index (χ3n) is 2.79. The molecule has 2 rings (SSSR count). The maximum Gasteiger partial charge on any atom is 0.408 e. The van der Waals surface area contributed by atoms with Crippen molar-refractivity contribution in [3.05, 3.63) is 53.6 Å². The lowest BCUT2D eigenvalue weighted by molar-refractivity contribution is 0.0510. The highest BCUT2D eigenvalue weighted by Gasteiger charge is 2.23. The molecule has 2 aromatic rings. The molecule has 1 aromatic heterocycles. The number of rotatable bonds is 3. The quantitative estimate of drug-likeness (QED) is 0.910. The molecule has 0 saturated carbocycles. The van der Waals surface area contributed by atoms with Crippen molar-refractivity contribution < 1.29 is 9.53 Å². The van der Waals surface area contributed by atoms with Crippen molar-refractivity contribution in [1.82, 2.24) is 15.3 Å². The number of aryl methyl sites for hydroxylation is 1. The van der Waals surface area contributed by atoms with Crippen LogP contribution in [0, 0.1) is 6.92 Å². The fourth-order valence-electron chi connectivity index (χ4n) is 1.96. The Hall–Kier alpha value is -2.30. The van der Waals surface area contributed by atoms with Crippen LogP contribution in [0.4, 0.5) is 4.79 Å². The van der Waals surface area contributed by atoms with E-state index in [2.05, 4.69) is 15.3 Å². The van der Waals surface area contributed by atoms with Crippen molar-refractivity contribution >= 4 is 6.09 Å². The van der Waals surface area contributed by atoms with Crippen LogP contribution in [-0.2, 0) is 4.74 Å². The van der Waals surface area contributed by atoms with Gasteiger partial charge < -0.3 is 15.0 Å². The first-order valence-corrected chi connectivity index (χ1v) is 6.91. The fourth-order valence-corrected chi connectivity index (χ4v) is 1.96. The average Bonchev–Trinajstić information content (AvgIpc) is 2.81. The van der Waals surface area contributed by atoms with Gasteiger partial charge in [0, 0.05) is 11.9 Å². The van der Waals surface area contributed by atoms with E-state index in [1.807, 2.05) is 58.0 Å². The highest BCUT2D eigenvalue weighted by atomic mass is 16.6. The lowest BCUT2D eigenvalue weighted by Gasteiger charge is -2.23. The first kappa shape index (κ1) is 15.1. The smallest absolute Gasteiger partial charge is 0.408 e. The van der Waals surface area contributed by atoms with E-state index in [9.17, 15) is 4.79 Å². The van der Waals surface area contributed by atoms with Crippen LogP contribution in [0.2, 0.25) is 0 Å². The zero-order valence-corrected chi connectivity index (χ0v) is 12.8. The Morgan fingerprint density at radius 2 is 1.95 bits per heavy atom. The van der Waals surface area contributed by atoms with Gasteiger partial charge >= 0.3 is 6.09 Å². The molecule has 5 heteroatoms. The van der Waals surface area contributed by atoms with Crippen LogP contribution in [0.1, 0.15) is 43.9 Å². The number of amides is 1. The number of H-pyrrole nitrogens is 1. The van der Waals surface area contributed by atoms with Gasteiger partial charge in [-0.2, -0.15) is 0 Å². The van der Waals surface area contributed by atoms with Gasteiger partial charge in [-0.25, -0.2) is 9.78 Å². The summed E-state index contributed by atoms with van der Waals surface area (Å²) < 4.78 is 5.33. The maximum atomic E-state index is 12.0. The summed E-state index contributed by atoms with van der Waals surface area (Å²) in [6.07, 6.45) is 1.27. The van der Waals surface area contributed by atoms with Crippen LogP contribution in [0.15, 0.2) is 36.5 Å². The molecule has 0 radical (unpaired) electrons. The van der Waals surface area contributed by atoms with Crippen molar-refractivity contribution in [3.63, 3.8) is 0 Å². The molecule has 21 heavy (non-hydrogen) atoms. The third kappa shape index (κ3) is 4.34. The molecular weight excluding hydrogens is 266 g/mol. The number of hydrogen-bond acceptors (Lipinski definition) is 3. The van der Waals surface area contributed by atoms with E-state index < -0.39 is 11.7 Å². The van der Waals surface area contributed by atoms with Crippen molar-refractivity contribution in [2.24, 2.45) is 0 Å². The second-order valence-corrected chi connectivity index (χ2v) is 5.94. The highest BCUT2D eigenvalue weighted by Crippen LogP contribution is 2.20. The van der Waals surface area contributed by atoms with Gasteiger partial charge in [-0.3, -0.25) is 0 Å². The highest BCUT2D eigenvalue weighted by molar-refractivity contribution is 5.69. The lowest BCUT2D eigenvalue weighted by Crippen LogP contribution is -2.35. The van der Waals surface area contributed by atoms with Crippen LogP contribution in [0.5, 0.6) is 0 Å². The maximum absolute atomic E-state index is 12.0. The summed E-state index contributed by atoms with van der Waals surface area (Å²) in [5, 5.41) is 2.86. The monoisotopic (exact) mass is 287 g/mol. The molecule has 1 atom stereocenters. The molecule has 5 nitrogen and oxygen atoms in total. The number of alkyl carbamates (subject to hydrolysis) is 1. The molecule has 0 aliphatic carbocycles. The molecule has 1 amide bonds. The molecule has 2 N–H and O–H groups in total. The van der Waals surface area contributed by atoms with Gasteiger partial charge in [0.15, 0.2) is 0 Å². The van der Waals surface area contributed by atoms with E-state index in [4.69, 9.17) is 4.74 Å². The summed E-state index contributed by atoms with van der Waals surface area (Å²) in [6.45, 7) is 7.43. The van der Waals surface area contributed by atoms with Gasteiger partial charge in [0.05, 0.1) is 0 Å². The van der Waals surface area contributed by atoms with E-state index in [1.165, 1.54) is 0 Å². The van der Waals surface area contributed by atoms with E-state index in [-0.39, 0.29) is 6.04 Å². The lowest BCUT2D eigenvalue weighted by atomic mass is 10.1. The molecule has 1 heterocycles. The van der Waals surface area contributed by atoms with Crippen molar-refractivity contribution in [2.75, 3.05) is 0 Å². The summed E-state index contributed by atoms with van der Waals surface area (Å²) in [5.41, 5.74) is 1.35. The van der Waals surface area contributed by atoms with Crippen molar-refractivity contribution in [1.29, 1.82) is 0 Å². The second-order valence-electron chi connectivity index (χ2n) is 5.94. The van der Waals surface area contributed by atoms with Crippen LogP contribution in [0.3, 0.4) is 0 Å². The van der Waals surface area contributed by atoms with Crippen LogP contribution >= 0.6 is 0 Å². The Kier molecular flexibility index (Phi) is 4.31. The van der Waals surface area contributed by atoms with Gasteiger partial charge in [-0.05, 0) is 33.3 Å². The summed E-state index contributed by atoms with van der Waals surface area (Å²) in [4.78, 5) is 19.5. The normalized spacial score (nSPS) is 12.8. The summed E-state index contributed by atoms with van der Waals surface area (Å²) in [6, 6.07) is 9.31. The number of nitrogens with zero attached hydrogens (tertiary/aromatic N) is 1. The first-order chi connectivity index (χ1) is 9.85. The minimum atomic E-state index is -0.537. The minimum absolute atomic E-state index is 0.366. The van der Waals surface area contributed by atoms with E-state index in [0.29, 0.717) is 5.82 Å². The molecule has 0 spiro atoms. The summed E-state index contributed by atoms with van der Waals surface area (Å²) in [7, 11) is 0. The standard InChI is InChI=1S/C16H21N3O2/c1-11-10-17-14(18-11)13(12-8-6-5-7-9-12)19-15(20)21-16(2,3)4/h5-10,13H,1-4H3,(H,17,18)(H,19,20). The second kappa shape index (κ2) is 5.99. The fraction of sp³-hybridized carbons (Fsp3) is 0.375. The predicted octanol–water partition coefficient (Wildman–Crippen LogP) is 3.33. The van der Waals surface area contributed by atoms with Gasteiger partial charge in [0.25, 0.3) is 0 Å². The summed E-state index contributed by atoms with van der Waals surface area (Å²) >= 11 is 0. The molecule has 0 fully saturated rings. The third-order valence-corrected chi connectivity index (χ3v) is 2.79. The van der Waals surface area contributed by atoms with Crippen molar-refractivity contribution in [2.45, 2.75) is 39.3 Å².